The van der Waals surface area contributed by atoms with Crippen LogP contribution in [-0.4, -0.2) is 31.2 Å². The standard InChI is InChI=1S/C13H27NO3S/c1-13(2,3)18(16,17)11-9-12(15)8-6-4-5-7-10-14/h4-11,14H2,1-3H3. The zero-order chi connectivity index (χ0) is 14.2. The maximum Gasteiger partial charge on any atom is 0.155 e. The number of hydrogen-bond acceptors (Lipinski definition) is 4. The van der Waals surface area contributed by atoms with Crippen molar-refractivity contribution in [2.45, 2.75) is 64.0 Å². The van der Waals surface area contributed by atoms with Crippen molar-refractivity contribution in [3.63, 3.8) is 0 Å². The summed E-state index contributed by atoms with van der Waals surface area (Å²) in [7, 11) is -3.17. The van der Waals surface area contributed by atoms with Gasteiger partial charge in [-0.15, -0.1) is 0 Å². The molecule has 0 spiro atoms. The molecule has 5 heteroatoms. The Morgan fingerprint density at radius 1 is 1.00 bits per heavy atom. The lowest BCUT2D eigenvalue weighted by atomic mass is 10.1. The minimum absolute atomic E-state index is 0.0296. The van der Waals surface area contributed by atoms with Crippen LogP contribution < -0.4 is 5.73 Å². The molecule has 2 N–H and O–H groups in total. The van der Waals surface area contributed by atoms with Crippen molar-refractivity contribution in [3.05, 3.63) is 0 Å². The summed E-state index contributed by atoms with van der Waals surface area (Å²) in [6.07, 6.45) is 4.51. The van der Waals surface area contributed by atoms with E-state index in [1.165, 1.54) is 0 Å². The van der Waals surface area contributed by atoms with Crippen LogP contribution in [0.2, 0.25) is 0 Å². The van der Waals surface area contributed by atoms with Gasteiger partial charge >= 0.3 is 0 Å². The van der Waals surface area contributed by atoms with Gasteiger partial charge in [-0.05, 0) is 40.2 Å². The average molecular weight is 277 g/mol. The second-order valence-electron chi connectivity index (χ2n) is 5.67. The SMILES string of the molecule is CC(C)(C)S(=O)(=O)CCC(=O)CCCCCCN. The number of nitrogens with two attached hydrogens (primary N) is 1. The second kappa shape index (κ2) is 7.89. The molecule has 0 aromatic carbocycles. The molecule has 0 saturated heterocycles. The lowest BCUT2D eigenvalue weighted by Gasteiger charge is -2.18. The summed E-state index contributed by atoms with van der Waals surface area (Å²) in [4.78, 5) is 11.6. The fourth-order valence-corrected chi connectivity index (χ4v) is 2.61. The van der Waals surface area contributed by atoms with Crippen molar-refractivity contribution in [1.29, 1.82) is 0 Å². The fourth-order valence-electron chi connectivity index (χ4n) is 1.50. The first-order chi connectivity index (χ1) is 8.20. The molecule has 4 nitrogen and oxygen atoms in total. The molecule has 0 unspecified atom stereocenters. The van der Waals surface area contributed by atoms with Crippen molar-refractivity contribution in [3.8, 4) is 0 Å². The number of sulfone groups is 1. The molecule has 0 bridgehead atoms. The molecule has 0 aromatic heterocycles. The number of rotatable bonds is 9. The summed E-state index contributed by atoms with van der Waals surface area (Å²) in [6.45, 7) is 5.69. The summed E-state index contributed by atoms with van der Waals surface area (Å²) >= 11 is 0. The minimum Gasteiger partial charge on any atom is -0.330 e. The van der Waals surface area contributed by atoms with E-state index in [1.807, 2.05) is 0 Å². The van der Waals surface area contributed by atoms with Crippen LogP contribution in [0.3, 0.4) is 0 Å². The van der Waals surface area contributed by atoms with Crippen LogP contribution in [-0.2, 0) is 14.6 Å². The quantitative estimate of drug-likeness (QED) is 0.654. The Morgan fingerprint density at radius 2 is 1.56 bits per heavy atom. The monoisotopic (exact) mass is 277 g/mol. The van der Waals surface area contributed by atoms with Crippen LogP contribution in [0.4, 0.5) is 0 Å². The molecule has 0 radical (unpaired) electrons. The van der Waals surface area contributed by atoms with E-state index in [-0.39, 0.29) is 18.0 Å². The topological polar surface area (TPSA) is 77.2 Å². The third-order valence-corrected chi connectivity index (χ3v) is 5.60. The summed E-state index contributed by atoms with van der Waals surface area (Å²) in [6, 6.07) is 0. The Morgan fingerprint density at radius 3 is 2.06 bits per heavy atom. The van der Waals surface area contributed by atoms with Crippen LogP contribution in [0.1, 0.15) is 59.3 Å². The number of unbranched alkanes of at least 4 members (excludes halogenated alkanes) is 3. The highest BCUT2D eigenvalue weighted by molar-refractivity contribution is 7.92. The Labute approximate surface area is 111 Å². The second-order valence-corrected chi connectivity index (χ2v) is 8.54. The first-order valence-corrected chi connectivity index (χ1v) is 8.30. The molecule has 0 aliphatic rings. The van der Waals surface area contributed by atoms with E-state index < -0.39 is 14.6 Å². The van der Waals surface area contributed by atoms with E-state index in [0.29, 0.717) is 13.0 Å². The van der Waals surface area contributed by atoms with Crippen molar-refractivity contribution >= 4 is 15.6 Å². The molecular formula is C13H27NO3S. The number of Topliss-reactive ketones (excluding diaryl/α,β-unsaturated/α-hetero) is 1. The van der Waals surface area contributed by atoms with Crippen LogP contribution in [0.25, 0.3) is 0 Å². The van der Waals surface area contributed by atoms with Gasteiger partial charge in [-0.1, -0.05) is 12.8 Å². The van der Waals surface area contributed by atoms with E-state index in [4.69, 9.17) is 5.73 Å². The van der Waals surface area contributed by atoms with Crippen LogP contribution in [0, 0.1) is 0 Å². The molecule has 0 heterocycles. The zero-order valence-electron chi connectivity index (χ0n) is 11.9. The highest BCUT2D eigenvalue weighted by Gasteiger charge is 2.28. The van der Waals surface area contributed by atoms with Crippen molar-refractivity contribution in [2.75, 3.05) is 12.3 Å². The smallest absolute Gasteiger partial charge is 0.155 e. The third-order valence-electron chi connectivity index (χ3n) is 2.99. The van der Waals surface area contributed by atoms with Crippen molar-refractivity contribution < 1.29 is 13.2 Å². The highest BCUT2D eigenvalue weighted by atomic mass is 32.2. The van der Waals surface area contributed by atoms with Gasteiger partial charge in [0.1, 0.15) is 5.78 Å². The van der Waals surface area contributed by atoms with Crippen LogP contribution in [0.5, 0.6) is 0 Å². The van der Waals surface area contributed by atoms with Gasteiger partial charge in [0.15, 0.2) is 9.84 Å². The average Bonchev–Trinajstić information content (AvgIpc) is 2.24. The van der Waals surface area contributed by atoms with Crippen molar-refractivity contribution in [1.82, 2.24) is 0 Å². The predicted molar refractivity (Wildman–Crippen MR) is 75.3 cm³/mol. The van der Waals surface area contributed by atoms with E-state index in [2.05, 4.69) is 0 Å². The van der Waals surface area contributed by atoms with Crippen molar-refractivity contribution in [2.24, 2.45) is 5.73 Å². The summed E-state index contributed by atoms with van der Waals surface area (Å²) in [5.41, 5.74) is 5.37. The fraction of sp³-hybridized carbons (Fsp3) is 0.923. The Hall–Kier alpha value is -0.420. The van der Waals surface area contributed by atoms with E-state index in [9.17, 15) is 13.2 Å². The van der Waals surface area contributed by atoms with Gasteiger partial charge < -0.3 is 5.73 Å². The summed E-state index contributed by atoms with van der Waals surface area (Å²) < 4.78 is 22.8. The van der Waals surface area contributed by atoms with Gasteiger partial charge in [0.25, 0.3) is 0 Å². The van der Waals surface area contributed by atoms with Crippen LogP contribution >= 0.6 is 0 Å². The molecule has 0 atom stereocenters. The number of ketones is 1. The molecular weight excluding hydrogens is 250 g/mol. The zero-order valence-corrected chi connectivity index (χ0v) is 12.7. The third kappa shape index (κ3) is 7.11. The van der Waals surface area contributed by atoms with Gasteiger partial charge in [-0.3, -0.25) is 4.79 Å². The first kappa shape index (κ1) is 17.6. The normalized spacial score (nSPS) is 12.7. The van der Waals surface area contributed by atoms with Gasteiger partial charge in [0.05, 0.1) is 10.5 Å². The summed E-state index contributed by atoms with van der Waals surface area (Å²) in [5, 5.41) is 0. The Kier molecular flexibility index (Phi) is 7.71. The lowest BCUT2D eigenvalue weighted by Crippen LogP contribution is -2.31. The Balaban J connectivity index is 3.85. The van der Waals surface area contributed by atoms with Gasteiger partial charge in [-0.25, -0.2) is 8.42 Å². The van der Waals surface area contributed by atoms with E-state index in [0.717, 1.165) is 25.7 Å². The van der Waals surface area contributed by atoms with Gasteiger partial charge in [0.2, 0.25) is 0 Å². The maximum atomic E-state index is 11.8. The largest absolute Gasteiger partial charge is 0.330 e. The predicted octanol–water partition coefficient (Wildman–Crippen LogP) is 2.07. The highest BCUT2D eigenvalue weighted by Crippen LogP contribution is 2.17. The summed E-state index contributed by atoms with van der Waals surface area (Å²) in [5.74, 6) is 0.0218. The molecule has 108 valence electrons. The molecule has 18 heavy (non-hydrogen) atoms. The van der Waals surface area contributed by atoms with Crippen LogP contribution in [0.15, 0.2) is 0 Å². The van der Waals surface area contributed by atoms with Gasteiger partial charge in [0, 0.05) is 12.8 Å². The van der Waals surface area contributed by atoms with E-state index in [1.54, 1.807) is 20.8 Å². The van der Waals surface area contributed by atoms with Gasteiger partial charge in [-0.2, -0.15) is 0 Å². The number of carbonyl (C=O) groups excluding carboxylic acids is 1. The molecule has 0 amide bonds. The number of hydrogen-bond donors (Lipinski definition) is 1. The molecule has 0 aliphatic carbocycles. The molecule has 0 aliphatic heterocycles. The minimum atomic E-state index is -3.17. The molecule has 0 fully saturated rings. The Bertz CT molecular complexity index is 342. The van der Waals surface area contributed by atoms with E-state index >= 15 is 0 Å². The lowest BCUT2D eigenvalue weighted by molar-refractivity contribution is -0.118. The molecule has 0 aromatic rings. The molecule has 0 rings (SSSR count). The molecule has 0 saturated carbocycles. The maximum absolute atomic E-state index is 11.8. The number of carbonyl (C=O) groups is 1. The first-order valence-electron chi connectivity index (χ1n) is 6.65.